The molecule has 0 saturated heterocycles. The Balaban J connectivity index is 1.65. The van der Waals surface area contributed by atoms with Crippen molar-refractivity contribution in [3.8, 4) is 0 Å². The third-order valence-corrected chi connectivity index (χ3v) is 5.48. The molecule has 1 amide bonds. The molecular formula is C21H16ClFN2O3S. The van der Waals surface area contributed by atoms with E-state index >= 15 is 0 Å². The summed E-state index contributed by atoms with van der Waals surface area (Å²) in [5, 5.41) is 3.24. The molecule has 0 radical (unpaired) electrons. The molecule has 0 bridgehead atoms. The third-order valence-electron chi connectivity index (χ3n) is 3.85. The molecule has 2 N–H and O–H groups in total. The Morgan fingerprint density at radius 3 is 2.24 bits per heavy atom. The molecule has 0 atom stereocenters. The zero-order valence-corrected chi connectivity index (χ0v) is 16.5. The van der Waals surface area contributed by atoms with Crippen LogP contribution in [-0.4, -0.2) is 14.3 Å². The molecule has 0 spiro atoms. The van der Waals surface area contributed by atoms with E-state index in [9.17, 15) is 17.6 Å². The smallest absolute Gasteiger partial charge is 0.261 e. The molecule has 0 aliphatic heterocycles. The van der Waals surface area contributed by atoms with Gasteiger partial charge in [-0.15, -0.1) is 0 Å². The Morgan fingerprint density at radius 2 is 1.59 bits per heavy atom. The van der Waals surface area contributed by atoms with Crippen molar-refractivity contribution < 1.29 is 17.6 Å². The van der Waals surface area contributed by atoms with E-state index < -0.39 is 15.8 Å². The summed E-state index contributed by atoms with van der Waals surface area (Å²) in [6.07, 6.45) is 2.98. The van der Waals surface area contributed by atoms with Crippen LogP contribution in [0.3, 0.4) is 0 Å². The van der Waals surface area contributed by atoms with Crippen LogP contribution in [0.25, 0.3) is 6.08 Å². The third kappa shape index (κ3) is 5.66. The van der Waals surface area contributed by atoms with E-state index in [2.05, 4.69) is 10.0 Å². The second-order valence-corrected chi connectivity index (χ2v) is 8.10. The molecule has 29 heavy (non-hydrogen) atoms. The summed E-state index contributed by atoms with van der Waals surface area (Å²) in [6, 6.07) is 18.0. The predicted molar refractivity (Wildman–Crippen MR) is 113 cm³/mol. The number of sulfonamides is 1. The van der Waals surface area contributed by atoms with Gasteiger partial charge in [0.1, 0.15) is 5.82 Å². The summed E-state index contributed by atoms with van der Waals surface area (Å²) in [4.78, 5) is 12.0. The molecule has 148 valence electrons. The molecule has 0 aromatic heterocycles. The number of para-hydroxylation sites is 1. The summed E-state index contributed by atoms with van der Waals surface area (Å²) >= 11 is 5.81. The number of anilines is 2. The lowest BCUT2D eigenvalue weighted by atomic mass is 10.2. The van der Waals surface area contributed by atoms with Crippen molar-refractivity contribution in [2.24, 2.45) is 0 Å². The van der Waals surface area contributed by atoms with E-state index in [0.717, 1.165) is 11.6 Å². The molecule has 0 fully saturated rings. The van der Waals surface area contributed by atoms with Gasteiger partial charge in [0.15, 0.2) is 0 Å². The highest BCUT2D eigenvalue weighted by molar-refractivity contribution is 7.92. The van der Waals surface area contributed by atoms with E-state index in [4.69, 9.17) is 11.6 Å². The van der Waals surface area contributed by atoms with Gasteiger partial charge >= 0.3 is 0 Å². The number of amides is 1. The maximum Gasteiger partial charge on any atom is 0.261 e. The summed E-state index contributed by atoms with van der Waals surface area (Å²) in [7, 11) is -3.96. The van der Waals surface area contributed by atoms with Gasteiger partial charge in [-0.2, -0.15) is 0 Å². The highest BCUT2D eigenvalue weighted by Gasteiger charge is 2.16. The van der Waals surface area contributed by atoms with Crippen molar-refractivity contribution in [2.45, 2.75) is 4.90 Å². The van der Waals surface area contributed by atoms with Gasteiger partial charge in [-0.25, -0.2) is 12.8 Å². The average molecular weight is 431 g/mol. The van der Waals surface area contributed by atoms with E-state index in [-0.39, 0.29) is 16.5 Å². The fraction of sp³-hybridized carbons (Fsp3) is 0. The first kappa shape index (κ1) is 20.6. The molecule has 0 unspecified atom stereocenters. The second kappa shape index (κ2) is 8.89. The molecule has 0 aliphatic carbocycles. The van der Waals surface area contributed by atoms with Gasteiger partial charge in [-0.1, -0.05) is 35.9 Å². The SMILES string of the molecule is O=C(/C=C/c1ccc(Cl)cc1)Nc1ccc(S(=O)(=O)Nc2ccccc2F)cc1. The van der Waals surface area contributed by atoms with Crippen molar-refractivity contribution in [3.63, 3.8) is 0 Å². The van der Waals surface area contributed by atoms with Crippen LogP contribution in [0.4, 0.5) is 15.8 Å². The van der Waals surface area contributed by atoms with Crippen molar-refractivity contribution in [1.29, 1.82) is 0 Å². The lowest BCUT2D eigenvalue weighted by molar-refractivity contribution is -0.111. The van der Waals surface area contributed by atoms with Crippen molar-refractivity contribution in [1.82, 2.24) is 0 Å². The molecule has 0 heterocycles. The first-order valence-electron chi connectivity index (χ1n) is 8.45. The Kier molecular flexibility index (Phi) is 6.31. The van der Waals surface area contributed by atoms with Crippen LogP contribution < -0.4 is 10.0 Å². The van der Waals surface area contributed by atoms with E-state index in [1.54, 1.807) is 30.3 Å². The number of rotatable bonds is 6. The minimum absolute atomic E-state index is 0.0598. The number of hydrogen-bond donors (Lipinski definition) is 2. The zero-order valence-electron chi connectivity index (χ0n) is 15.0. The summed E-state index contributed by atoms with van der Waals surface area (Å²) < 4.78 is 40.6. The first-order chi connectivity index (χ1) is 13.8. The van der Waals surface area contributed by atoms with Gasteiger partial charge in [0.05, 0.1) is 10.6 Å². The molecule has 0 saturated carbocycles. The fourth-order valence-electron chi connectivity index (χ4n) is 2.39. The maximum absolute atomic E-state index is 13.7. The molecule has 5 nitrogen and oxygen atoms in total. The molecular weight excluding hydrogens is 415 g/mol. The number of benzene rings is 3. The minimum atomic E-state index is -3.96. The molecule has 3 aromatic carbocycles. The van der Waals surface area contributed by atoms with Crippen LogP contribution in [0.5, 0.6) is 0 Å². The van der Waals surface area contributed by atoms with Gasteiger partial charge in [0.25, 0.3) is 10.0 Å². The van der Waals surface area contributed by atoms with Gasteiger partial charge in [0.2, 0.25) is 5.91 Å². The second-order valence-electron chi connectivity index (χ2n) is 5.98. The zero-order chi connectivity index (χ0) is 20.9. The number of carbonyl (C=O) groups excluding carboxylic acids is 1. The fourth-order valence-corrected chi connectivity index (χ4v) is 3.59. The quantitative estimate of drug-likeness (QED) is 0.544. The normalized spacial score (nSPS) is 11.4. The standard InChI is InChI=1S/C21H16ClFN2O3S/c22-16-8-5-15(6-9-16)7-14-21(26)24-17-10-12-18(13-11-17)29(27,28)25-20-4-2-1-3-19(20)23/h1-14,25H,(H,24,26)/b14-7+. The Hall–Kier alpha value is -3.16. The Bertz CT molecular complexity index is 1150. The van der Waals surface area contributed by atoms with E-state index in [1.165, 1.54) is 48.5 Å². The van der Waals surface area contributed by atoms with Gasteiger partial charge in [-0.05, 0) is 60.2 Å². The number of hydrogen-bond acceptors (Lipinski definition) is 3. The van der Waals surface area contributed by atoms with Crippen molar-refractivity contribution in [2.75, 3.05) is 10.0 Å². The van der Waals surface area contributed by atoms with E-state index in [1.807, 2.05) is 0 Å². The summed E-state index contributed by atoms with van der Waals surface area (Å²) in [5.41, 5.74) is 1.09. The topological polar surface area (TPSA) is 75.3 Å². The van der Waals surface area contributed by atoms with Crippen LogP contribution in [0.2, 0.25) is 5.02 Å². The van der Waals surface area contributed by atoms with Crippen LogP contribution in [0, 0.1) is 5.82 Å². The van der Waals surface area contributed by atoms with Crippen LogP contribution in [0.1, 0.15) is 5.56 Å². The molecule has 8 heteroatoms. The monoisotopic (exact) mass is 430 g/mol. The average Bonchev–Trinajstić information content (AvgIpc) is 2.70. The molecule has 3 aromatic rings. The highest BCUT2D eigenvalue weighted by atomic mass is 35.5. The summed E-state index contributed by atoms with van der Waals surface area (Å²) in [5.74, 6) is -1.05. The Labute approximate surface area is 172 Å². The first-order valence-corrected chi connectivity index (χ1v) is 10.3. The lowest BCUT2D eigenvalue weighted by Gasteiger charge is -2.09. The summed E-state index contributed by atoms with van der Waals surface area (Å²) in [6.45, 7) is 0. The Morgan fingerprint density at radius 1 is 0.931 bits per heavy atom. The largest absolute Gasteiger partial charge is 0.323 e. The van der Waals surface area contributed by atoms with Crippen molar-refractivity contribution in [3.05, 3.63) is 95.3 Å². The van der Waals surface area contributed by atoms with E-state index in [0.29, 0.717) is 10.7 Å². The van der Waals surface area contributed by atoms with Gasteiger partial charge in [0, 0.05) is 16.8 Å². The molecule has 3 rings (SSSR count). The number of carbonyl (C=O) groups is 1. The number of nitrogens with one attached hydrogen (secondary N) is 2. The lowest BCUT2D eigenvalue weighted by Crippen LogP contribution is -2.14. The van der Waals surface area contributed by atoms with Crippen LogP contribution >= 0.6 is 11.6 Å². The van der Waals surface area contributed by atoms with Crippen LogP contribution in [-0.2, 0) is 14.8 Å². The van der Waals surface area contributed by atoms with Crippen molar-refractivity contribution >= 4 is 45.0 Å². The van der Waals surface area contributed by atoms with Crippen LogP contribution in [0.15, 0.2) is 83.8 Å². The highest BCUT2D eigenvalue weighted by Crippen LogP contribution is 2.20. The van der Waals surface area contributed by atoms with Gasteiger partial charge in [-0.3, -0.25) is 9.52 Å². The maximum atomic E-state index is 13.7. The predicted octanol–water partition coefficient (Wildman–Crippen LogP) is 4.93. The van der Waals surface area contributed by atoms with Gasteiger partial charge < -0.3 is 5.32 Å². The molecule has 0 aliphatic rings. The number of halogens is 2. The minimum Gasteiger partial charge on any atom is -0.323 e.